The molecule has 0 aliphatic carbocycles. The normalized spacial score (nSPS) is 9.72. The number of hydrogen-bond acceptors (Lipinski definition) is 4. The maximum absolute atomic E-state index is 13.1. The Kier molecular flexibility index (Phi) is 4.33. The van der Waals surface area contributed by atoms with Gasteiger partial charge in [-0.15, -0.1) is 0 Å². The molecule has 0 bridgehead atoms. The van der Waals surface area contributed by atoms with Crippen LogP contribution in [0.3, 0.4) is 0 Å². The second-order valence-corrected chi connectivity index (χ2v) is 4.29. The van der Waals surface area contributed by atoms with Gasteiger partial charge in [0.2, 0.25) is 10.3 Å². The van der Waals surface area contributed by atoms with Crippen LogP contribution < -0.4 is 4.90 Å². The molecule has 0 aliphatic heterocycles. The number of rotatable bonds is 3. The molecule has 0 radical (unpaired) electrons. The van der Waals surface area contributed by atoms with Crippen LogP contribution in [-0.4, -0.2) is 32.5 Å². The lowest BCUT2D eigenvalue weighted by atomic mass is 10.1. The molecule has 0 aromatic heterocycles. The zero-order chi connectivity index (χ0) is 13.9. The first-order valence-corrected chi connectivity index (χ1v) is 5.98. The second kappa shape index (κ2) is 5.54. The van der Waals surface area contributed by atoms with Gasteiger partial charge < -0.3 is 4.90 Å². The van der Waals surface area contributed by atoms with Crippen molar-refractivity contribution < 1.29 is 22.4 Å². The van der Waals surface area contributed by atoms with Gasteiger partial charge in [-0.25, -0.2) is 4.39 Å². The Morgan fingerprint density at radius 2 is 1.94 bits per heavy atom. The molecule has 1 rings (SSSR count). The number of anilines is 1. The van der Waals surface area contributed by atoms with E-state index in [2.05, 4.69) is 0 Å². The fourth-order valence-corrected chi connectivity index (χ4v) is 1.63. The number of Topliss-reactive ketones (excluding diaryl/α,β-unsaturated/α-hetero) is 1. The topological polar surface area (TPSA) is 71.5 Å². The molecule has 0 atom stereocenters. The predicted molar refractivity (Wildman–Crippen MR) is 64.5 cm³/mol. The highest BCUT2D eigenvalue weighted by atomic mass is 32.2. The van der Waals surface area contributed by atoms with E-state index in [1.54, 1.807) is 6.92 Å². The van der Waals surface area contributed by atoms with Crippen molar-refractivity contribution in [2.45, 2.75) is 6.92 Å². The van der Waals surface area contributed by atoms with E-state index >= 15 is 0 Å². The number of nitrogens with zero attached hydrogens (tertiary/aromatic N) is 1. The third-order valence-electron chi connectivity index (χ3n) is 2.25. The molecule has 0 saturated heterocycles. The van der Waals surface area contributed by atoms with Gasteiger partial charge in [-0.1, -0.05) is 6.07 Å². The number of halogens is 1. The summed E-state index contributed by atoms with van der Waals surface area (Å²) in [6.45, 7) is 1.64. The third kappa shape index (κ3) is 3.24. The monoisotopic (exact) mass is 271 g/mol. The van der Waals surface area contributed by atoms with Crippen molar-refractivity contribution in [1.82, 2.24) is 0 Å². The third-order valence-corrected chi connectivity index (χ3v) is 2.66. The number of ketones is 1. The van der Waals surface area contributed by atoms with Crippen LogP contribution in [0.5, 0.6) is 0 Å². The van der Waals surface area contributed by atoms with Gasteiger partial charge in [0.25, 0.3) is 11.7 Å². The first-order valence-electron chi connectivity index (χ1n) is 4.84. The van der Waals surface area contributed by atoms with Gasteiger partial charge in [0.05, 0.1) is 0 Å². The average molecular weight is 271 g/mol. The van der Waals surface area contributed by atoms with Crippen molar-refractivity contribution in [1.29, 1.82) is 0 Å². The van der Waals surface area contributed by atoms with E-state index in [-0.39, 0.29) is 11.1 Å². The van der Waals surface area contributed by atoms with Gasteiger partial charge in [-0.05, 0) is 24.6 Å². The van der Waals surface area contributed by atoms with E-state index in [1.807, 2.05) is 0 Å². The number of amides is 1. The summed E-state index contributed by atoms with van der Waals surface area (Å²) in [6.07, 6.45) is 0. The average Bonchev–Trinajstić information content (AvgIpc) is 2.29. The second-order valence-electron chi connectivity index (χ2n) is 3.54. The lowest BCUT2D eigenvalue weighted by Gasteiger charge is -2.17. The minimum absolute atomic E-state index is 0.207. The van der Waals surface area contributed by atoms with Crippen molar-refractivity contribution in [2.75, 3.05) is 11.9 Å². The molecule has 7 heteroatoms. The Hall–Kier alpha value is -2.02. The van der Waals surface area contributed by atoms with Crippen LogP contribution >= 0.6 is 0 Å². The Labute approximate surface area is 104 Å². The summed E-state index contributed by atoms with van der Waals surface area (Å²) in [6, 6.07) is 3.76. The first kappa shape index (κ1) is 14.0. The Balaban J connectivity index is 3.11. The summed E-state index contributed by atoms with van der Waals surface area (Å²) in [7, 11) is -1.48. The Bertz CT molecular complexity index is 628. The molecule has 1 aromatic rings. The fraction of sp³-hybridized carbons (Fsp3) is 0.182. The van der Waals surface area contributed by atoms with Gasteiger partial charge in [0.1, 0.15) is 11.2 Å². The van der Waals surface area contributed by atoms with E-state index in [4.69, 9.17) is 0 Å². The number of carbonyl (C=O) groups excluding carboxylic acids is 2. The van der Waals surface area contributed by atoms with Crippen LogP contribution in [-0.2, 0) is 19.9 Å². The van der Waals surface area contributed by atoms with Crippen LogP contribution in [0.25, 0.3) is 0 Å². The zero-order valence-corrected chi connectivity index (χ0v) is 10.5. The summed E-state index contributed by atoms with van der Waals surface area (Å²) in [5.41, 5.74) is 0.793. The molecule has 0 aliphatic rings. The molecule has 1 aromatic carbocycles. The SMILES string of the molecule is Cc1ccc(F)cc1N(C)C(=O)C(=O)C=S(=O)=O. The summed E-state index contributed by atoms with van der Waals surface area (Å²) in [5, 5.41) is 0.271. The van der Waals surface area contributed by atoms with Gasteiger partial charge in [0.15, 0.2) is 0 Å². The maximum Gasteiger partial charge on any atom is 0.299 e. The molecule has 0 heterocycles. The molecule has 96 valence electrons. The molecule has 1 amide bonds. The van der Waals surface area contributed by atoms with Crippen molar-refractivity contribution in [3.63, 3.8) is 0 Å². The number of aryl methyl sites for hydroxylation is 1. The number of likely N-dealkylation sites (N-methyl/N-ethyl adjacent to an activating group) is 1. The molecular formula is C11H10FNO4S. The van der Waals surface area contributed by atoms with Gasteiger partial charge in [0, 0.05) is 12.7 Å². The highest BCUT2D eigenvalue weighted by Gasteiger charge is 2.20. The standard InChI is InChI=1S/C11H10FNO4S/c1-7-3-4-8(12)5-9(7)13(2)11(15)10(14)6-18(16)17/h3-6H,1-2H3. The molecule has 18 heavy (non-hydrogen) atoms. The van der Waals surface area contributed by atoms with Crippen molar-refractivity contribution >= 4 is 33.0 Å². The Morgan fingerprint density at radius 1 is 1.33 bits per heavy atom. The maximum atomic E-state index is 13.1. The highest BCUT2D eigenvalue weighted by Crippen LogP contribution is 2.19. The quantitative estimate of drug-likeness (QED) is 0.587. The molecule has 0 spiro atoms. The number of hydrogen-bond donors (Lipinski definition) is 0. The summed E-state index contributed by atoms with van der Waals surface area (Å²) in [5.74, 6) is -2.79. The van der Waals surface area contributed by atoms with Crippen LogP contribution in [0, 0.1) is 12.7 Å². The lowest BCUT2D eigenvalue weighted by molar-refractivity contribution is -0.132. The van der Waals surface area contributed by atoms with Crippen molar-refractivity contribution in [2.24, 2.45) is 0 Å². The number of benzene rings is 1. The van der Waals surface area contributed by atoms with E-state index in [0.717, 1.165) is 11.0 Å². The van der Waals surface area contributed by atoms with Gasteiger partial charge >= 0.3 is 0 Å². The minimum Gasteiger partial charge on any atom is -0.308 e. The van der Waals surface area contributed by atoms with E-state index < -0.39 is 27.8 Å². The molecule has 0 fully saturated rings. The number of carbonyl (C=O) groups is 2. The van der Waals surface area contributed by atoms with Gasteiger partial charge in [-0.3, -0.25) is 9.59 Å². The molecule has 0 N–H and O–H groups in total. The largest absolute Gasteiger partial charge is 0.308 e. The Morgan fingerprint density at radius 3 is 2.50 bits per heavy atom. The predicted octanol–water partition coefficient (Wildman–Crippen LogP) is 0.347. The first-order chi connectivity index (χ1) is 8.32. The molecule has 0 saturated carbocycles. The molecule has 5 nitrogen and oxygen atoms in total. The van der Waals surface area contributed by atoms with E-state index in [0.29, 0.717) is 5.56 Å². The van der Waals surface area contributed by atoms with Crippen molar-refractivity contribution in [3.05, 3.63) is 29.6 Å². The lowest BCUT2D eigenvalue weighted by Crippen LogP contribution is -2.34. The van der Waals surface area contributed by atoms with Crippen molar-refractivity contribution in [3.8, 4) is 0 Å². The summed E-state index contributed by atoms with van der Waals surface area (Å²) in [4.78, 5) is 23.7. The molecular weight excluding hydrogens is 261 g/mol. The van der Waals surface area contributed by atoms with Crippen LogP contribution in [0.15, 0.2) is 18.2 Å². The zero-order valence-electron chi connectivity index (χ0n) is 9.68. The van der Waals surface area contributed by atoms with Crippen LogP contribution in [0.1, 0.15) is 5.56 Å². The highest BCUT2D eigenvalue weighted by molar-refractivity contribution is 7.73. The summed E-state index contributed by atoms with van der Waals surface area (Å²) >= 11 is 0. The minimum atomic E-state index is -2.75. The van der Waals surface area contributed by atoms with Crippen LogP contribution in [0.2, 0.25) is 0 Å². The summed E-state index contributed by atoms with van der Waals surface area (Å²) < 4.78 is 33.6. The van der Waals surface area contributed by atoms with Crippen LogP contribution in [0.4, 0.5) is 10.1 Å². The molecule has 0 unspecified atom stereocenters. The van der Waals surface area contributed by atoms with E-state index in [1.165, 1.54) is 19.2 Å². The van der Waals surface area contributed by atoms with Gasteiger partial charge in [-0.2, -0.15) is 8.42 Å². The smallest absolute Gasteiger partial charge is 0.299 e. The van der Waals surface area contributed by atoms with E-state index in [9.17, 15) is 22.4 Å². The fourth-order valence-electron chi connectivity index (χ4n) is 1.36.